The monoisotopic (exact) mass is 548 g/mol. The number of hydrogen-bond acceptors (Lipinski definition) is 12. The van der Waals surface area contributed by atoms with E-state index in [9.17, 15) is 19.5 Å². The number of rotatable bonds is 9. The molecule has 1 fully saturated rings. The van der Waals surface area contributed by atoms with E-state index < -0.39 is 29.2 Å². The number of allylic oxidation sites excluding steroid dienone is 1. The van der Waals surface area contributed by atoms with Crippen molar-refractivity contribution in [2.75, 3.05) is 17.2 Å². The first-order valence-corrected chi connectivity index (χ1v) is 13.6. The van der Waals surface area contributed by atoms with Crippen molar-refractivity contribution >= 4 is 63.5 Å². The first kappa shape index (κ1) is 24.3. The predicted molar refractivity (Wildman–Crippen MR) is 133 cm³/mol. The number of aromatic amines is 1. The Kier molecular flexibility index (Phi) is 6.97. The minimum absolute atomic E-state index is 0.0669. The summed E-state index contributed by atoms with van der Waals surface area (Å²) in [5.74, 6) is -1.65. The lowest BCUT2D eigenvalue weighted by Crippen LogP contribution is -2.71. The molecule has 4 heterocycles. The van der Waals surface area contributed by atoms with Crippen molar-refractivity contribution in [1.29, 1.82) is 0 Å². The summed E-state index contributed by atoms with van der Waals surface area (Å²) in [4.78, 5) is 49.0. The van der Waals surface area contributed by atoms with Gasteiger partial charge in [-0.1, -0.05) is 23.0 Å². The summed E-state index contributed by atoms with van der Waals surface area (Å²) in [5.41, 5.74) is 6.38. The molecule has 5 N–H and O–H groups in total. The summed E-state index contributed by atoms with van der Waals surface area (Å²) in [7, 11) is 0. The van der Waals surface area contributed by atoms with Crippen LogP contribution in [-0.4, -0.2) is 82.9 Å². The molecule has 0 aromatic carbocycles. The number of nitrogens with zero attached hydrogens (tertiary/aromatic N) is 5. The largest absolute Gasteiger partial charge is 0.477 e. The average Bonchev–Trinajstić information content (AvgIpc) is 3.64. The van der Waals surface area contributed by atoms with Crippen molar-refractivity contribution in [3.63, 3.8) is 0 Å². The summed E-state index contributed by atoms with van der Waals surface area (Å²) >= 11 is 3.84. The number of aliphatic carboxylic acids is 1. The van der Waals surface area contributed by atoms with Crippen molar-refractivity contribution in [3.8, 4) is 0 Å². The molecule has 2 aliphatic heterocycles. The molecular formula is C20H20N8O5S3. The summed E-state index contributed by atoms with van der Waals surface area (Å²) in [5, 5.41) is 28.6. The van der Waals surface area contributed by atoms with Crippen LogP contribution < -0.4 is 11.1 Å². The van der Waals surface area contributed by atoms with E-state index in [1.54, 1.807) is 5.38 Å². The van der Waals surface area contributed by atoms with Crippen LogP contribution in [0.4, 0.5) is 5.13 Å². The van der Waals surface area contributed by atoms with Crippen LogP contribution in [0.5, 0.6) is 0 Å². The number of nitrogen functional groups attached to an aromatic ring is 1. The van der Waals surface area contributed by atoms with Crippen LogP contribution in [-0.2, 0) is 19.2 Å². The fourth-order valence-electron chi connectivity index (χ4n) is 3.84. The van der Waals surface area contributed by atoms with E-state index in [2.05, 4.69) is 30.9 Å². The summed E-state index contributed by atoms with van der Waals surface area (Å²) < 4.78 is 0. The van der Waals surface area contributed by atoms with Gasteiger partial charge in [-0.25, -0.2) is 9.78 Å². The van der Waals surface area contributed by atoms with E-state index in [0.29, 0.717) is 22.1 Å². The van der Waals surface area contributed by atoms with Crippen molar-refractivity contribution < 1.29 is 24.3 Å². The van der Waals surface area contributed by atoms with Crippen molar-refractivity contribution in [2.24, 2.45) is 5.16 Å². The molecule has 36 heavy (non-hydrogen) atoms. The molecule has 1 saturated heterocycles. The van der Waals surface area contributed by atoms with E-state index in [1.807, 2.05) is 12.2 Å². The molecule has 0 saturated carbocycles. The number of β-lactam (4-membered cyclic amide) rings is 1. The van der Waals surface area contributed by atoms with Crippen LogP contribution in [0, 0.1) is 0 Å². The lowest BCUT2D eigenvalue weighted by Gasteiger charge is -2.49. The van der Waals surface area contributed by atoms with Crippen molar-refractivity contribution in [2.45, 2.75) is 35.4 Å². The SMILES string of the molecule is Nc1nc(C(=NOC2C=CCC2)C(=O)NC2C(=O)N3C(C(=O)O)=C(CSc4cn[nH]n4)CS[C@H]23)cs1. The van der Waals surface area contributed by atoms with E-state index in [4.69, 9.17) is 10.6 Å². The molecule has 2 unspecified atom stereocenters. The van der Waals surface area contributed by atoms with E-state index in [1.165, 1.54) is 34.6 Å². The van der Waals surface area contributed by atoms with Crippen LogP contribution in [0.1, 0.15) is 18.5 Å². The number of thiazole rings is 1. The number of aromatic nitrogens is 4. The number of nitrogens with one attached hydrogen (secondary N) is 2. The van der Waals surface area contributed by atoms with Gasteiger partial charge in [-0.15, -0.1) is 28.2 Å². The van der Waals surface area contributed by atoms with Gasteiger partial charge in [0.1, 0.15) is 33.9 Å². The number of carboxylic acid groups (broad SMARTS) is 1. The quantitative estimate of drug-likeness (QED) is 0.114. The van der Waals surface area contributed by atoms with Gasteiger partial charge in [-0.05, 0) is 24.5 Å². The van der Waals surface area contributed by atoms with Crippen molar-refractivity contribution in [3.05, 3.63) is 40.7 Å². The molecule has 5 rings (SSSR count). The van der Waals surface area contributed by atoms with E-state index in [0.717, 1.165) is 24.2 Å². The number of carbonyl (C=O) groups is 3. The lowest BCUT2D eigenvalue weighted by molar-refractivity contribution is -0.150. The zero-order valence-electron chi connectivity index (χ0n) is 18.5. The Balaban J connectivity index is 1.31. The molecule has 3 atom stereocenters. The first-order chi connectivity index (χ1) is 17.4. The van der Waals surface area contributed by atoms with Gasteiger partial charge in [0.15, 0.2) is 10.8 Å². The van der Waals surface area contributed by atoms with Crippen LogP contribution in [0.2, 0.25) is 0 Å². The molecule has 188 valence electrons. The van der Waals surface area contributed by atoms with Crippen LogP contribution in [0.3, 0.4) is 0 Å². The maximum atomic E-state index is 13.2. The zero-order chi connectivity index (χ0) is 25.2. The van der Waals surface area contributed by atoms with Gasteiger partial charge in [0.2, 0.25) is 0 Å². The number of carbonyl (C=O) groups excluding carboxylic acids is 2. The fraction of sp³-hybridized carbons (Fsp3) is 0.350. The average molecular weight is 549 g/mol. The molecule has 2 aromatic rings. The van der Waals surface area contributed by atoms with E-state index in [-0.39, 0.29) is 28.3 Å². The smallest absolute Gasteiger partial charge is 0.352 e. The molecule has 0 spiro atoms. The van der Waals surface area contributed by atoms with Crippen molar-refractivity contribution in [1.82, 2.24) is 30.6 Å². The van der Waals surface area contributed by atoms with Gasteiger partial charge >= 0.3 is 5.97 Å². The van der Waals surface area contributed by atoms with Gasteiger partial charge in [0, 0.05) is 16.9 Å². The first-order valence-electron chi connectivity index (χ1n) is 10.7. The second-order valence-corrected chi connectivity index (χ2v) is 10.9. The molecular weight excluding hydrogens is 528 g/mol. The predicted octanol–water partition coefficient (Wildman–Crippen LogP) is 0.814. The third kappa shape index (κ3) is 4.83. The number of fused-ring (bicyclic) bond motifs is 1. The topological polar surface area (TPSA) is 189 Å². The minimum Gasteiger partial charge on any atom is -0.477 e. The second kappa shape index (κ2) is 10.3. The Morgan fingerprint density at radius 2 is 2.31 bits per heavy atom. The van der Waals surface area contributed by atoms with Crippen LogP contribution in [0.15, 0.2) is 45.2 Å². The summed E-state index contributed by atoms with van der Waals surface area (Å²) in [6.45, 7) is 0. The van der Waals surface area contributed by atoms with E-state index >= 15 is 0 Å². The molecule has 0 bridgehead atoms. The number of oxime groups is 1. The zero-order valence-corrected chi connectivity index (χ0v) is 20.9. The molecule has 16 heteroatoms. The number of amides is 2. The standard InChI is InChI=1S/C20H20N8O5S3/c21-20-23-11(8-36-20)13(26-33-10-3-1-2-4-10)16(29)24-14-17(30)28-15(19(31)32)9(7-35-18(14)28)6-34-12-5-22-27-25-12/h1,3,5,8,10,14,18H,2,4,6-7H2,(H2,21,23)(H,24,29)(H,31,32)(H,22,25,27)/t10?,14?,18-/m1/s1. The third-order valence-corrected chi connectivity index (χ3v) is 8.55. The maximum absolute atomic E-state index is 13.2. The number of anilines is 1. The highest BCUT2D eigenvalue weighted by Crippen LogP contribution is 2.41. The highest BCUT2D eigenvalue weighted by atomic mass is 32.2. The Morgan fingerprint density at radius 1 is 1.44 bits per heavy atom. The van der Waals surface area contributed by atoms with Crippen LogP contribution >= 0.6 is 34.9 Å². The number of carboxylic acids is 1. The van der Waals surface area contributed by atoms with Gasteiger partial charge in [0.05, 0.1) is 6.20 Å². The van der Waals surface area contributed by atoms with Gasteiger partial charge < -0.3 is 21.0 Å². The fourth-order valence-corrected chi connectivity index (χ4v) is 6.66. The Hall–Kier alpha value is -3.37. The van der Waals surface area contributed by atoms with Gasteiger partial charge in [0.25, 0.3) is 11.8 Å². The Bertz CT molecular complexity index is 1270. The number of nitrogens with two attached hydrogens (primary N) is 1. The molecule has 13 nitrogen and oxygen atoms in total. The molecule has 2 aromatic heterocycles. The minimum atomic E-state index is -1.20. The highest BCUT2D eigenvalue weighted by molar-refractivity contribution is 8.01. The third-order valence-electron chi connectivity index (χ3n) is 5.55. The van der Waals surface area contributed by atoms with Crippen LogP contribution in [0.25, 0.3) is 0 Å². The number of thioether (sulfide) groups is 2. The molecule has 1 aliphatic carbocycles. The molecule has 2 amide bonds. The second-order valence-electron chi connectivity index (χ2n) is 7.88. The number of hydrogen-bond donors (Lipinski definition) is 4. The summed E-state index contributed by atoms with van der Waals surface area (Å²) in [6, 6.07) is -0.922. The van der Waals surface area contributed by atoms with Gasteiger partial charge in [-0.3, -0.25) is 14.5 Å². The Labute approximate surface area is 216 Å². The number of H-pyrrole nitrogens is 1. The van der Waals surface area contributed by atoms with Gasteiger partial charge in [-0.2, -0.15) is 10.3 Å². The summed E-state index contributed by atoms with van der Waals surface area (Å²) in [6.07, 6.45) is 6.71. The maximum Gasteiger partial charge on any atom is 0.352 e. The normalized spacial score (nSPS) is 23.4. The molecule has 0 radical (unpaired) electrons. The molecule has 3 aliphatic rings. The Morgan fingerprint density at radius 3 is 2.97 bits per heavy atom. The highest BCUT2D eigenvalue weighted by Gasteiger charge is 2.54. The lowest BCUT2D eigenvalue weighted by atomic mass is 10.0.